The molecule has 2 rings (SSSR count). The first-order valence-corrected chi connectivity index (χ1v) is 6.16. The fourth-order valence-electron chi connectivity index (χ4n) is 1.96. The number of halogens is 1. The largest absolute Gasteiger partial charge is 0.399 e. The van der Waals surface area contributed by atoms with Crippen LogP contribution in [0.4, 0.5) is 15.8 Å². The summed E-state index contributed by atoms with van der Waals surface area (Å²) in [6.07, 6.45) is 0. The molecule has 2 aromatic rings. The first kappa shape index (κ1) is 14.5. The highest BCUT2D eigenvalue weighted by molar-refractivity contribution is 6.09. The van der Waals surface area contributed by atoms with Crippen molar-refractivity contribution in [2.24, 2.45) is 5.73 Å². The van der Waals surface area contributed by atoms with Crippen LogP contribution in [0.3, 0.4) is 0 Å². The van der Waals surface area contributed by atoms with Crippen molar-refractivity contribution >= 4 is 23.2 Å². The number of para-hydroxylation sites is 1. The number of amides is 2. The number of nitrogens with one attached hydrogen (secondary N) is 1. The number of carbonyl (C=O) groups is 2. The Hall–Kier alpha value is -2.89. The van der Waals surface area contributed by atoms with Crippen molar-refractivity contribution in [1.29, 1.82) is 0 Å². The molecule has 0 heterocycles. The van der Waals surface area contributed by atoms with E-state index in [-0.39, 0.29) is 28.1 Å². The van der Waals surface area contributed by atoms with E-state index in [1.807, 2.05) is 0 Å². The minimum absolute atomic E-state index is 0.145. The monoisotopic (exact) mass is 287 g/mol. The molecule has 0 saturated heterocycles. The van der Waals surface area contributed by atoms with Crippen LogP contribution < -0.4 is 16.8 Å². The summed E-state index contributed by atoms with van der Waals surface area (Å²) in [5.41, 5.74) is 11.6. The van der Waals surface area contributed by atoms with Gasteiger partial charge in [-0.15, -0.1) is 0 Å². The molecule has 0 aromatic heterocycles. The molecule has 0 spiro atoms. The van der Waals surface area contributed by atoms with Crippen LogP contribution in [0.2, 0.25) is 0 Å². The lowest BCUT2D eigenvalue weighted by atomic mass is 10.1. The second-order valence-corrected chi connectivity index (χ2v) is 4.56. The first-order chi connectivity index (χ1) is 9.90. The Morgan fingerprint density at radius 2 is 1.81 bits per heavy atom. The summed E-state index contributed by atoms with van der Waals surface area (Å²) >= 11 is 0. The van der Waals surface area contributed by atoms with Gasteiger partial charge in [-0.3, -0.25) is 9.59 Å². The van der Waals surface area contributed by atoms with Crippen molar-refractivity contribution in [2.75, 3.05) is 11.1 Å². The summed E-state index contributed by atoms with van der Waals surface area (Å²) in [6.45, 7) is 1.51. The van der Waals surface area contributed by atoms with E-state index >= 15 is 0 Å². The Morgan fingerprint density at radius 3 is 2.48 bits per heavy atom. The zero-order chi connectivity index (χ0) is 15.6. The molecule has 0 fully saturated rings. The van der Waals surface area contributed by atoms with Gasteiger partial charge in [-0.05, 0) is 36.8 Å². The normalized spacial score (nSPS) is 10.2. The SMILES string of the molecule is Cc1cc(N)cc(C(=O)Nc2ccccc2C(N)=O)c1F. The van der Waals surface area contributed by atoms with Gasteiger partial charge in [0.25, 0.3) is 11.8 Å². The number of hydrogen-bond donors (Lipinski definition) is 3. The van der Waals surface area contributed by atoms with Gasteiger partial charge >= 0.3 is 0 Å². The highest BCUT2D eigenvalue weighted by Gasteiger charge is 2.17. The van der Waals surface area contributed by atoms with E-state index in [0.717, 1.165) is 0 Å². The van der Waals surface area contributed by atoms with Gasteiger partial charge < -0.3 is 16.8 Å². The van der Waals surface area contributed by atoms with Crippen molar-refractivity contribution in [1.82, 2.24) is 0 Å². The third-order valence-corrected chi connectivity index (χ3v) is 2.96. The van der Waals surface area contributed by atoms with Crippen molar-refractivity contribution in [3.63, 3.8) is 0 Å². The number of hydrogen-bond acceptors (Lipinski definition) is 3. The summed E-state index contributed by atoms with van der Waals surface area (Å²) in [5.74, 6) is -2.04. The predicted octanol–water partition coefficient (Wildman–Crippen LogP) is 2.07. The van der Waals surface area contributed by atoms with E-state index in [4.69, 9.17) is 11.5 Å². The van der Waals surface area contributed by atoms with Crippen molar-refractivity contribution in [3.05, 3.63) is 58.9 Å². The van der Waals surface area contributed by atoms with E-state index in [0.29, 0.717) is 0 Å². The molecule has 5 nitrogen and oxygen atoms in total. The fourth-order valence-corrected chi connectivity index (χ4v) is 1.96. The van der Waals surface area contributed by atoms with Crippen LogP contribution in [-0.2, 0) is 0 Å². The molecule has 0 radical (unpaired) electrons. The van der Waals surface area contributed by atoms with Crippen LogP contribution in [0.1, 0.15) is 26.3 Å². The van der Waals surface area contributed by atoms with Crippen LogP contribution in [0.5, 0.6) is 0 Å². The molecular weight excluding hydrogens is 273 g/mol. The summed E-state index contributed by atoms with van der Waals surface area (Å²) in [7, 11) is 0. The first-order valence-electron chi connectivity index (χ1n) is 6.16. The van der Waals surface area contributed by atoms with Crippen LogP contribution in [-0.4, -0.2) is 11.8 Å². The van der Waals surface area contributed by atoms with Crippen LogP contribution in [0.15, 0.2) is 36.4 Å². The Morgan fingerprint density at radius 1 is 1.14 bits per heavy atom. The molecule has 0 aliphatic heterocycles. The van der Waals surface area contributed by atoms with Gasteiger partial charge in [0.15, 0.2) is 0 Å². The maximum Gasteiger partial charge on any atom is 0.258 e. The highest BCUT2D eigenvalue weighted by atomic mass is 19.1. The molecule has 0 saturated carbocycles. The van der Waals surface area contributed by atoms with Gasteiger partial charge in [0.05, 0.1) is 16.8 Å². The van der Waals surface area contributed by atoms with Crippen molar-refractivity contribution in [2.45, 2.75) is 6.92 Å². The Balaban J connectivity index is 2.38. The molecule has 5 N–H and O–H groups in total. The van der Waals surface area contributed by atoms with Gasteiger partial charge in [-0.2, -0.15) is 0 Å². The molecular formula is C15H14FN3O2. The number of nitrogen functional groups attached to an aromatic ring is 1. The molecule has 6 heteroatoms. The average Bonchev–Trinajstić information content (AvgIpc) is 2.43. The highest BCUT2D eigenvalue weighted by Crippen LogP contribution is 2.20. The topological polar surface area (TPSA) is 98.2 Å². The van der Waals surface area contributed by atoms with E-state index in [9.17, 15) is 14.0 Å². The van der Waals surface area contributed by atoms with Crippen molar-refractivity contribution < 1.29 is 14.0 Å². The number of rotatable bonds is 3. The lowest BCUT2D eigenvalue weighted by Gasteiger charge is -2.11. The Labute approximate surface area is 120 Å². The molecule has 108 valence electrons. The Bertz CT molecular complexity index is 729. The number of aryl methyl sites for hydroxylation is 1. The lowest BCUT2D eigenvalue weighted by molar-refractivity contribution is 0.100. The molecule has 0 aliphatic carbocycles. The zero-order valence-electron chi connectivity index (χ0n) is 11.3. The average molecular weight is 287 g/mol. The van der Waals surface area contributed by atoms with Gasteiger partial charge in [0.1, 0.15) is 5.82 Å². The van der Waals surface area contributed by atoms with Gasteiger partial charge in [0.2, 0.25) is 0 Å². The van der Waals surface area contributed by atoms with E-state index in [1.165, 1.54) is 31.2 Å². The molecule has 0 bridgehead atoms. The van der Waals surface area contributed by atoms with Crippen molar-refractivity contribution in [3.8, 4) is 0 Å². The minimum Gasteiger partial charge on any atom is -0.399 e. The fraction of sp³-hybridized carbons (Fsp3) is 0.0667. The van der Waals surface area contributed by atoms with Gasteiger partial charge in [-0.25, -0.2) is 4.39 Å². The van der Waals surface area contributed by atoms with E-state index in [1.54, 1.807) is 12.1 Å². The molecule has 21 heavy (non-hydrogen) atoms. The summed E-state index contributed by atoms with van der Waals surface area (Å²) in [4.78, 5) is 23.4. The lowest BCUT2D eigenvalue weighted by Crippen LogP contribution is -2.19. The number of benzene rings is 2. The zero-order valence-corrected chi connectivity index (χ0v) is 11.3. The van der Waals surface area contributed by atoms with Crippen LogP contribution >= 0.6 is 0 Å². The predicted molar refractivity (Wildman–Crippen MR) is 78.5 cm³/mol. The number of primary amides is 1. The van der Waals surface area contributed by atoms with E-state index in [2.05, 4.69) is 5.32 Å². The summed E-state index contributed by atoms with van der Waals surface area (Å²) < 4.78 is 14.0. The Kier molecular flexibility index (Phi) is 3.89. The maximum atomic E-state index is 14.0. The second-order valence-electron chi connectivity index (χ2n) is 4.56. The van der Waals surface area contributed by atoms with E-state index < -0.39 is 17.6 Å². The minimum atomic E-state index is -0.698. The third kappa shape index (κ3) is 3.00. The second kappa shape index (κ2) is 5.62. The molecule has 0 atom stereocenters. The molecule has 0 unspecified atom stereocenters. The molecule has 2 amide bonds. The third-order valence-electron chi connectivity index (χ3n) is 2.96. The van der Waals surface area contributed by atoms with Crippen LogP contribution in [0, 0.1) is 12.7 Å². The quantitative estimate of drug-likeness (QED) is 0.753. The molecule has 2 aromatic carbocycles. The number of anilines is 2. The summed E-state index contributed by atoms with van der Waals surface area (Å²) in [6, 6.07) is 8.89. The van der Waals surface area contributed by atoms with Gasteiger partial charge in [-0.1, -0.05) is 12.1 Å². The van der Waals surface area contributed by atoms with Crippen LogP contribution in [0.25, 0.3) is 0 Å². The molecule has 0 aliphatic rings. The van der Waals surface area contributed by atoms with Gasteiger partial charge in [0, 0.05) is 5.69 Å². The maximum absolute atomic E-state index is 14.0. The smallest absolute Gasteiger partial charge is 0.258 e. The standard InChI is InChI=1S/C15H14FN3O2/c1-8-6-9(17)7-11(13(8)16)15(21)19-12-5-3-2-4-10(12)14(18)20/h2-7H,17H2,1H3,(H2,18,20)(H,19,21). The number of carbonyl (C=O) groups excluding carboxylic acids is 2. The summed E-state index contributed by atoms with van der Waals surface area (Å²) in [5, 5.41) is 2.47. The number of nitrogens with two attached hydrogens (primary N) is 2.